The number of hydrogen-bond donors (Lipinski definition) is 2. The number of carboxylic acids is 1. The van der Waals surface area contributed by atoms with Gasteiger partial charge in [0.15, 0.2) is 5.82 Å². The lowest BCUT2D eigenvalue weighted by molar-refractivity contribution is -0.117. The van der Waals surface area contributed by atoms with E-state index in [-0.39, 0.29) is 11.9 Å². The Morgan fingerprint density at radius 1 is 1.13 bits per heavy atom. The van der Waals surface area contributed by atoms with Crippen LogP contribution in [0.25, 0.3) is 0 Å². The molecule has 1 unspecified atom stereocenters. The summed E-state index contributed by atoms with van der Waals surface area (Å²) in [6.07, 6.45) is 3.87. The van der Waals surface area contributed by atoms with Gasteiger partial charge < -0.3 is 20.2 Å². The number of hydrogen-bond acceptors (Lipinski definition) is 6. The quantitative estimate of drug-likeness (QED) is 0.802. The van der Waals surface area contributed by atoms with E-state index in [9.17, 15) is 9.59 Å². The highest BCUT2D eigenvalue weighted by Crippen LogP contribution is 2.35. The van der Waals surface area contributed by atoms with Gasteiger partial charge in [0.2, 0.25) is 5.91 Å². The molecule has 3 aliphatic heterocycles. The van der Waals surface area contributed by atoms with Crippen molar-refractivity contribution in [2.24, 2.45) is 0 Å². The first kappa shape index (κ1) is 18.9. The van der Waals surface area contributed by atoms with Gasteiger partial charge >= 0.3 is 5.97 Å². The van der Waals surface area contributed by atoms with Crippen LogP contribution in [0.2, 0.25) is 0 Å². The fraction of sp³-hybridized carbons (Fsp3) is 0.409. The van der Waals surface area contributed by atoms with Gasteiger partial charge in [-0.2, -0.15) is 0 Å². The molecular weight excluding hydrogens is 382 g/mol. The van der Waals surface area contributed by atoms with Gasteiger partial charge in [-0.1, -0.05) is 0 Å². The van der Waals surface area contributed by atoms with Crippen LogP contribution in [0.15, 0.2) is 36.5 Å². The van der Waals surface area contributed by atoms with E-state index in [1.165, 1.54) is 0 Å². The Bertz CT molecular complexity index is 969. The molecule has 8 nitrogen and oxygen atoms in total. The maximum atomic E-state index is 12.3. The average molecular weight is 407 g/mol. The second-order valence-electron chi connectivity index (χ2n) is 8.17. The third kappa shape index (κ3) is 3.47. The van der Waals surface area contributed by atoms with Crippen molar-refractivity contribution in [1.29, 1.82) is 0 Å². The summed E-state index contributed by atoms with van der Waals surface area (Å²) in [5, 5.41) is 12.1. The van der Waals surface area contributed by atoms with E-state index in [0.717, 1.165) is 74.9 Å². The zero-order valence-electron chi connectivity index (χ0n) is 16.8. The molecule has 1 amide bonds. The third-order valence-corrected chi connectivity index (χ3v) is 6.27. The maximum Gasteiger partial charge on any atom is 0.335 e. The van der Waals surface area contributed by atoms with Crippen LogP contribution in [-0.4, -0.2) is 65.6 Å². The van der Waals surface area contributed by atoms with Crippen molar-refractivity contribution in [2.45, 2.75) is 25.4 Å². The maximum absolute atomic E-state index is 12.3. The lowest BCUT2D eigenvalue weighted by Gasteiger charge is -2.36. The number of nitrogens with zero attached hydrogens (tertiary/aromatic N) is 4. The molecule has 8 heteroatoms. The number of benzene rings is 1. The number of aromatic carboxylic acids is 1. The number of amides is 1. The summed E-state index contributed by atoms with van der Waals surface area (Å²) in [4.78, 5) is 34.8. The molecule has 4 heterocycles. The van der Waals surface area contributed by atoms with Crippen molar-refractivity contribution in [3.05, 3.63) is 47.7 Å². The van der Waals surface area contributed by atoms with E-state index >= 15 is 0 Å². The smallest absolute Gasteiger partial charge is 0.335 e. The van der Waals surface area contributed by atoms with Crippen LogP contribution in [0.3, 0.4) is 0 Å². The molecule has 0 radical (unpaired) electrons. The molecule has 0 bridgehead atoms. The summed E-state index contributed by atoms with van der Waals surface area (Å²) in [6, 6.07) is 9.06. The SMILES string of the molecule is O=C(O)c1ccc(N2CCN(Cc3cnc4c(c3)NC(=O)C3CCCN43)CC2)cc1. The number of nitrogens with one attached hydrogen (secondary N) is 1. The zero-order chi connectivity index (χ0) is 20.7. The zero-order valence-corrected chi connectivity index (χ0v) is 16.8. The van der Waals surface area contributed by atoms with Crippen molar-refractivity contribution >= 4 is 29.1 Å². The van der Waals surface area contributed by atoms with Crippen LogP contribution in [0.4, 0.5) is 17.2 Å². The molecule has 5 rings (SSSR count). The van der Waals surface area contributed by atoms with Crippen molar-refractivity contribution in [3.8, 4) is 0 Å². The molecule has 156 valence electrons. The van der Waals surface area contributed by atoms with Crippen LogP contribution >= 0.6 is 0 Å². The minimum Gasteiger partial charge on any atom is -0.478 e. The molecule has 3 aliphatic rings. The number of rotatable bonds is 4. The van der Waals surface area contributed by atoms with Crippen LogP contribution in [-0.2, 0) is 11.3 Å². The molecule has 2 N–H and O–H groups in total. The van der Waals surface area contributed by atoms with Crippen LogP contribution in [0, 0.1) is 0 Å². The third-order valence-electron chi connectivity index (χ3n) is 6.27. The van der Waals surface area contributed by atoms with Crippen LogP contribution in [0.1, 0.15) is 28.8 Å². The Hall–Kier alpha value is -3.13. The standard InChI is InChI=1S/C22H25N5O3/c28-21-19-2-1-7-27(19)20-18(24-21)12-15(13-23-20)14-25-8-10-26(11-9-25)17-5-3-16(4-6-17)22(29)30/h3-6,12-13,19H,1-2,7-11,14H2,(H,24,28)(H,29,30). The lowest BCUT2D eigenvalue weighted by Crippen LogP contribution is -2.46. The minimum absolute atomic E-state index is 0.0616. The molecule has 1 atom stereocenters. The molecule has 1 aromatic heterocycles. The topological polar surface area (TPSA) is 89.0 Å². The molecule has 0 saturated carbocycles. The van der Waals surface area contributed by atoms with Gasteiger partial charge in [0.25, 0.3) is 0 Å². The lowest BCUT2D eigenvalue weighted by atomic mass is 10.1. The number of aromatic nitrogens is 1. The first-order valence-corrected chi connectivity index (χ1v) is 10.5. The first-order valence-electron chi connectivity index (χ1n) is 10.5. The molecule has 1 aromatic carbocycles. The Balaban J connectivity index is 1.21. The first-order chi connectivity index (χ1) is 14.6. The fourth-order valence-corrected chi connectivity index (χ4v) is 4.65. The number of fused-ring (bicyclic) bond motifs is 3. The van der Waals surface area contributed by atoms with E-state index in [1.54, 1.807) is 12.1 Å². The molecule has 30 heavy (non-hydrogen) atoms. The van der Waals surface area contributed by atoms with E-state index in [4.69, 9.17) is 5.11 Å². The predicted molar refractivity (Wildman–Crippen MR) is 114 cm³/mol. The summed E-state index contributed by atoms with van der Waals surface area (Å²) in [6.45, 7) is 5.29. The van der Waals surface area contributed by atoms with Crippen LogP contribution in [0.5, 0.6) is 0 Å². The van der Waals surface area contributed by atoms with Gasteiger partial charge in [0.1, 0.15) is 6.04 Å². The molecule has 2 fully saturated rings. The highest BCUT2D eigenvalue weighted by molar-refractivity contribution is 6.03. The number of carboxylic acid groups (broad SMARTS) is 1. The molecule has 0 spiro atoms. The molecule has 2 aromatic rings. The summed E-state index contributed by atoms with van der Waals surface area (Å²) in [7, 11) is 0. The highest BCUT2D eigenvalue weighted by atomic mass is 16.4. The summed E-state index contributed by atoms with van der Waals surface area (Å²) in [5.74, 6) is 0.0819. The van der Waals surface area contributed by atoms with E-state index in [0.29, 0.717) is 5.56 Å². The number of carbonyl (C=O) groups is 2. The average Bonchev–Trinajstić information content (AvgIpc) is 3.25. The largest absolute Gasteiger partial charge is 0.478 e. The number of pyridine rings is 1. The highest BCUT2D eigenvalue weighted by Gasteiger charge is 2.37. The van der Waals surface area contributed by atoms with Crippen molar-refractivity contribution < 1.29 is 14.7 Å². The van der Waals surface area contributed by atoms with Crippen molar-refractivity contribution in [2.75, 3.05) is 47.8 Å². The van der Waals surface area contributed by atoms with Crippen LogP contribution < -0.4 is 15.1 Å². The van der Waals surface area contributed by atoms with E-state index in [1.807, 2.05) is 18.3 Å². The van der Waals surface area contributed by atoms with E-state index < -0.39 is 5.97 Å². The Labute approximate surface area is 175 Å². The normalized spacial score (nSPS) is 21.2. The summed E-state index contributed by atoms with van der Waals surface area (Å²) in [5.41, 5.74) is 3.29. The Morgan fingerprint density at radius 3 is 2.63 bits per heavy atom. The van der Waals surface area contributed by atoms with Gasteiger partial charge in [-0.3, -0.25) is 9.69 Å². The molecular formula is C22H25N5O3. The van der Waals surface area contributed by atoms with Crippen molar-refractivity contribution in [1.82, 2.24) is 9.88 Å². The van der Waals surface area contributed by atoms with E-state index in [2.05, 4.69) is 31.1 Å². The number of piperazine rings is 1. The fourth-order valence-electron chi connectivity index (χ4n) is 4.65. The van der Waals surface area contributed by atoms with Gasteiger partial charge in [-0.15, -0.1) is 0 Å². The second-order valence-corrected chi connectivity index (χ2v) is 8.17. The van der Waals surface area contributed by atoms with Gasteiger partial charge in [-0.05, 0) is 48.7 Å². The minimum atomic E-state index is -0.901. The monoisotopic (exact) mass is 407 g/mol. The second kappa shape index (κ2) is 7.60. The summed E-state index contributed by atoms with van der Waals surface area (Å²) < 4.78 is 0. The number of anilines is 3. The number of carbonyl (C=O) groups excluding carboxylic acids is 1. The summed E-state index contributed by atoms with van der Waals surface area (Å²) >= 11 is 0. The van der Waals surface area contributed by atoms with Gasteiger partial charge in [0, 0.05) is 51.2 Å². The predicted octanol–water partition coefficient (Wildman–Crippen LogP) is 2.02. The van der Waals surface area contributed by atoms with Gasteiger partial charge in [-0.25, -0.2) is 9.78 Å². The molecule has 0 aliphatic carbocycles. The van der Waals surface area contributed by atoms with Crippen molar-refractivity contribution in [3.63, 3.8) is 0 Å². The Kier molecular flexibility index (Phi) is 4.78. The Morgan fingerprint density at radius 2 is 1.90 bits per heavy atom. The molecule has 2 saturated heterocycles. The van der Waals surface area contributed by atoms with Gasteiger partial charge in [0.05, 0.1) is 11.3 Å².